The third kappa shape index (κ3) is 5.81. The molecule has 1 unspecified atom stereocenters. The van der Waals surface area contributed by atoms with Gasteiger partial charge in [-0.25, -0.2) is 14.7 Å². The molecule has 0 amide bonds. The molecule has 0 aliphatic carbocycles. The molecular weight excluding hydrogens is 487 g/mol. The Hall–Kier alpha value is -2.42. The number of hydrogen-bond acceptors (Lipinski definition) is 3. The van der Waals surface area contributed by atoms with Gasteiger partial charge in [0.1, 0.15) is 12.7 Å². The van der Waals surface area contributed by atoms with Gasteiger partial charge >= 0.3 is 0 Å². The van der Waals surface area contributed by atoms with Crippen molar-refractivity contribution in [1.29, 1.82) is 0 Å². The summed E-state index contributed by atoms with van der Waals surface area (Å²) in [5.41, 5.74) is 3.61. The number of likely N-dealkylation sites (tertiary alicyclic amines) is 1. The molecule has 1 fully saturated rings. The van der Waals surface area contributed by atoms with Crippen molar-refractivity contribution in [3.05, 3.63) is 78.4 Å². The van der Waals surface area contributed by atoms with Crippen molar-refractivity contribution >= 4 is 29.9 Å². The average molecular weight is 516 g/mol. The number of nitrogens with zero attached hydrogens (tertiary/aromatic N) is 5. The predicted octanol–water partition coefficient (Wildman–Crippen LogP) is 3.92. The fourth-order valence-corrected chi connectivity index (χ4v) is 3.83. The van der Waals surface area contributed by atoms with Gasteiger partial charge in [0.05, 0.1) is 12.2 Å². The molecule has 0 spiro atoms. The molecule has 3 aromatic rings. The first-order valence-electron chi connectivity index (χ1n) is 10.3. The normalized spacial score (nSPS) is 16.4. The van der Waals surface area contributed by atoms with Crippen LogP contribution in [-0.2, 0) is 13.0 Å². The van der Waals surface area contributed by atoms with E-state index in [1.54, 1.807) is 17.3 Å². The van der Waals surface area contributed by atoms with Crippen LogP contribution in [0.25, 0.3) is 5.69 Å². The summed E-state index contributed by atoms with van der Waals surface area (Å²) in [5, 5.41) is 7.63. The van der Waals surface area contributed by atoms with Crippen molar-refractivity contribution in [2.75, 3.05) is 19.6 Å². The van der Waals surface area contributed by atoms with E-state index in [9.17, 15) is 0 Å². The van der Waals surface area contributed by atoms with Crippen molar-refractivity contribution in [2.45, 2.75) is 26.3 Å². The van der Waals surface area contributed by atoms with Crippen molar-refractivity contribution in [3.8, 4) is 5.69 Å². The molecule has 30 heavy (non-hydrogen) atoms. The molecule has 2 aromatic carbocycles. The van der Waals surface area contributed by atoms with Crippen LogP contribution in [0, 0.1) is 5.92 Å². The summed E-state index contributed by atoms with van der Waals surface area (Å²) in [6.45, 7) is 5.80. The van der Waals surface area contributed by atoms with Crippen molar-refractivity contribution in [1.82, 2.24) is 25.0 Å². The van der Waals surface area contributed by atoms with E-state index in [2.05, 4.69) is 81.8 Å². The molecule has 1 aliphatic rings. The highest BCUT2D eigenvalue weighted by molar-refractivity contribution is 14.0. The highest BCUT2D eigenvalue weighted by Gasteiger charge is 2.24. The lowest BCUT2D eigenvalue weighted by Crippen LogP contribution is -2.40. The first-order chi connectivity index (χ1) is 14.3. The SMILES string of the molecule is CCNC(=NCc1ccc(-n2cncn2)cc1)N1CCC(Cc2ccccc2)C1.I. The number of aliphatic imine (C=N–C) groups is 1. The maximum atomic E-state index is 4.90. The second-order valence-corrected chi connectivity index (χ2v) is 7.47. The molecule has 1 N–H and O–H groups in total. The van der Waals surface area contributed by atoms with E-state index in [1.165, 1.54) is 17.5 Å². The molecule has 1 aliphatic heterocycles. The van der Waals surface area contributed by atoms with Crippen molar-refractivity contribution in [2.24, 2.45) is 10.9 Å². The molecule has 2 heterocycles. The molecular formula is C23H29IN6. The van der Waals surface area contributed by atoms with Crippen LogP contribution in [0.2, 0.25) is 0 Å². The summed E-state index contributed by atoms with van der Waals surface area (Å²) in [7, 11) is 0. The largest absolute Gasteiger partial charge is 0.357 e. The molecule has 7 heteroatoms. The first-order valence-corrected chi connectivity index (χ1v) is 10.3. The van der Waals surface area contributed by atoms with Gasteiger partial charge in [0.2, 0.25) is 0 Å². The molecule has 0 saturated carbocycles. The lowest BCUT2D eigenvalue weighted by Gasteiger charge is -2.21. The Bertz CT molecular complexity index is 909. The molecule has 1 aromatic heterocycles. The topological polar surface area (TPSA) is 58.3 Å². The number of nitrogens with one attached hydrogen (secondary N) is 1. The smallest absolute Gasteiger partial charge is 0.194 e. The van der Waals surface area contributed by atoms with Gasteiger partial charge in [0.25, 0.3) is 0 Å². The second-order valence-electron chi connectivity index (χ2n) is 7.47. The maximum Gasteiger partial charge on any atom is 0.194 e. The van der Waals surface area contributed by atoms with Crippen LogP contribution < -0.4 is 5.32 Å². The number of hydrogen-bond donors (Lipinski definition) is 1. The third-order valence-electron chi connectivity index (χ3n) is 5.32. The predicted molar refractivity (Wildman–Crippen MR) is 131 cm³/mol. The van der Waals surface area contributed by atoms with Crippen LogP contribution in [0.1, 0.15) is 24.5 Å². The monoisotopic (exact) mass is 516 g/mol. The third-order valence-corrected chi connectivity index (χ3v) is 5.32. The molecule has 0 bridgehead atoms. The van der Waals surface area contributed by atoms with Gasteiger partial charge in [-0.1, -0.05) is 42.5 Å². The van der Waals surface area contributed by atoms with Crippen molar-refractivity contribution in [3.63, 3.8) is 0 Å². The zero-order valence-corrected chi connectivity index (χ0v) is 19.6. The molecule has 158 valence electrons. The van der Waals surface area contributed by atoms with Crippen LogP contribution >= 0.6 is 24.0 Å². The number of rotatable bonds is 6. The minimum Gasteiger partial charge on any atom is -0.357 e. The van der Waals surface area contributed by atoms with E-state index in [1.807, 2.05) is 0 Å². The van der Waals surface area contributed by atoms with Crippen LogP contribution in [0.15, 0.2) is 72.2 Å². The van der Waals surface area contributed by atoms with E-state index >= 15 is 0 Å². The minimum atomic E-state index is 0. The summed E-state index contributed by atoms with van der Waals surface area (Å²) in [6.07, 6.45) is 5.60. The number of benzene rings is 2. The average Bonchev–Trinajstić information content (AvgIpc) is 3.45. The van der Waals surface area contributed by atoms with Crippen LogP contribution in [0.4, 0.5) is 0 Å². The Morgan fingerprint density at radius 1 is 1.10 bits per heavy atom. The Kier molecular flexibility index (Phi) is 8.24. The summed E-state index contributed by atoms with van der Waals surface area (Å²) < 4.78 is 1.76. The van der Waals surface area contributed by atoms with Gasteiger partial charge in [-0.3, -0.25) is 0 Å². The summed E-state index contributed by atoms with van der Waals surface area (Å²) in [4.78, 5) is 11.3. The zero-order chi connectivity index (χ0) is 19.9. The van der Waals surface area contributed by atoms with Gasteiger partial charge in [0, 0.05) is 19.6 Å². The molecule has 4 rings (SSSR count). The highest BCUT2D eigenvalue weighted by Crippen LogP contribution is 2.21. The molecule has 6 nitrogen and oxygen atoms in total. The lowest BCUT2D eigenvalue weighted by atomic mass is 9.99. The highest BCUT2D eigenvalue weighted by atomic mass is 127. The number of guanidine groups is 1. The standard InChI is InChI=1S/C23H28N6.HI/c1-2-25-23(28-13-12-21(16-28)14-19-6-4-3-5-7-19)26-15-20-8-10-22(11-9-20)29-18-24-17-27-29;/h3-11,17-18,21H,2,12-16H2,1H3,(H,25,26);1H. The second kappa shape index (κ2) is 11.1. The van der Waals surface area contributed by atoms with E-state index in [4.69, 9.17) is 4.99 Å². The van der Waals surface area contributed by atoms with E-state index in [-0.39, 0.29) is 24.0 Å². The van der Waals surface area contributed by atoms with Gasteiger partial charge < -0.3 is 10.2 Å². The van der Waals surface area contributed by atoms with Gasteiger partial charge in [-0.15, -0.1) is 24.0 Å². The Morgan fingerprint density at radius 3 is 2.60 bits per heavy atom. The number of aromatic nitrogens is 3. The fourth-order valence-electron chi connectivity index (χ4n) is 3.83. The van der Waals surface area contributed by atoms with Crippen molar-refractivity contribution < 1.29 is 0 Å². The maximum absolute atomic E-state index is 4.90. The summed E-state index contributed by atoms with van der Waals surface area (Å²) in [5.74, 6) is 1.70. The van der Waals surface area contributed by atoms with E-state index < -0.39 is 0 Å². The van der Waals surface area contributed by atoms with Crippen LogP contribution in [0.5, 0.6) is 0 Å². The summed E-state index contributed by atoms with van der Waals surface area (Å²) >= 11 is 0. The quantitative estimate of drug-likeness (QED) is 0.307. The minimum absolute atomic E-state index is 0. The Balaban J connectivity index is 0.00000256. The van der Waals surface area contributed by atoms with E-state index in [0.29, 0.717) is 12.5 Å². The van der Waals surface area contributed by atoms with Gasteiger partial charge in [-0.05, 0) is 48.9 Å². The zero-order valence-electron chi connectivity index (χ0n) is 17.3. The van der Waals surface area contributed by atoms with Gasteiger partial charge in [0.15, 0.2) is 5.96 Å². The first kappa shape index (κ1) is 22.3. The molecule has 1 atom stereocenters. The van der Waals surface area contributed by atoms with Crippen LogP contribution in [-0.4, -0.2) is 45.3 Å². The Labute approximate surface area is 195 Å². The van der Waals surface area contributed by atoms with Crippen LogP contribution in [0.3, 0.4) is 0 Å². The summed E-state index contributed by atoms with van der Waals surface area (Å²) in [6, 6.07) is 19.1. The lowest BCUT2D eigenvalue weighted by molar-refractivity contribution is 0.460. The number of halogens is 1. The van der Waals surface area contributed by atoms with Gasteiger partial charge in [-0.2, -0.15) is 5.10 Å². The fraction of sp³-hybridized carbons (Fsp3) is 0.348. The molecule has 1 saturated heterocycles. The molecule has 0 radical (unpaired) electrons. The Morgan fingerprint density at radius 2 is 1.90 bits per heavy atom. The van der Waals surface area contributed by atoms with E-state index in [0.717, 1.165) is 37.7 Å².